The zero-order valence-corrected chi connectivity index (χ0v) is 8.50. The van der Waals surface area contributed by atoms with E-state index in [2.05, 4.69) is 9.88 Å². The lowest BCUT2D eigenvalue weighted by Crippen LogP contribution is -2.43. The normalized spacial score (nSPS) is 15.7. The first-order valence-corrected chi connectivity index (χ1v) is 5.74. The molecule has 13 heavy (non-hydrogen) atoms. The van der Waals surface area contributed by atoms with Crippen molar-refractivity contribution in [1.82, 2.24) is 4.72 Å². The number of hydrogen-bond donors (Lipinski definition) is 3. The van der Waals surface area contributed by atoms with Crippen LogP contribution in [0.2, 0.25) is 0 Å². The summed E-state index contributed by atoms with van der Waals surface area (Å²) in [7, 11) is -3.32. The molecule has 0 bridgehead atoms. The van der Waals surface area contributed by atoms with Crippen LogP contribution in [0.1, 0.15) is 19.8 Å². The van der Waals surface area contributed by atoms with Crippen molar-refractivity contribution in [1.29, 1.82) is 0 Å². The third-order valence-electron chi connectivity index (χ3n) is 1.41. The lowest BCUT2D eigenvalue weighted by atomic mass is 10.2. The van der Waals surface area contributed by atoms with Crippen LogP contribution >= 0.6 is 0 Å². The Morgan fingerprint density at radius 3 is 2.54 bits per heavy atom. The van der Waals surface area contributed by atoms with Crippen molar-refractivity contribution in [2.24, 2.45) is 10.9 Å². The maximum Gasteiger partial charge on any atom is 0.209 e. The quantitative estimate of drug-likeness (QED) is 0.244. The number of nitrogens with two attached hydrogens (primary N) is 1. The minimum Gasteiger partial charge on any atom is -0.409 e. The predicted molar refractivity (Wildman–Crippen MR) is 50.1 cm³/mol. The number of rotatable bonds is 5. The summed E-state index contributed by atoms with van der Waals surface area (Å²) in [5, 5.41) is 11.1. The Balaban J connectivity index is 4.45. The molecule has 1 unspecified atom stereocenters. The van der Waals surface area contributed by atoms with Crippen LogP contribution in [0.4, 0.5) is 0 Å². The second-order valence-electron chi connectivity index (χ2n) is 2.76. The molecule has 0 fully saturated rings. The number of hydrogen-bond acceptors (Lipinski definition) is 4. The average molecular weight is 209 g/mol. The Morgan fingerprint density at radius 1 is 1.69 bits per heavy atom. The van der Waals surface area contributed by atoms with E-state index >= 15 is 0 Å². The van der Waals surface area contributed by atoms with E-state index in [0.717, 1.165) is 12.7 Å². The van der Waals surface area contributed by atoms with Crippen LogP contribution < -0.4 is 10.5 Å². The first-order valence-electron chi connectivity index (χ1n) is 3.85. The Hall–Kier alpha value is -0.820. The highest BCUT2D eigenvalue weighted by Gasteiger charge is 2.16. The molecule has 0 saturated carbocycles. The van der Waals surface area contributed by atoms with Crippen LogP contribution in [0.3, 0.4) is 0 Å². The fraction of sp³-hybridized carbons (Fsp3) is 0.833. The smallest absolute Gasteiger partial charge is 0.209 e. The minimum atomic E-state index is -3.32. The van der Waals surface area contributed by atoms with Gasteiger partial charge in [0.25, 0.3) is 0 Å². The third-order valence-corrected chi connectivity index (χ3v) is 2.12. The SMILES string of the molecule is CCCC(NS(C)(=O)=O)/C(N)=N/O. The maximum absolute atomic E-state index is 10.8. The molecule has 78 valence electrons. The molecular formula is C6H15N3O3S. The Bertz CT molecular complexity index is 273. The molecule has 0 aromatic carbocycles. The summed E-state index contributed by atoms with van der Waals surface area (Å²) in [6.45, 7) is 1.88. The number of nitrogens with one attached hydrogen (secondary N) is 1. The molecule has 7 heteroatoms. The van der Waals surface area contributed by atoms with Crippen molar-refractivity contribution in [3.8, 4) is 0 Å². The Labute approximate surface area is 77.9 Å². The van der Waals surface area contributed by atoms with Crippen LogP contribution in [-0.2, 0) is 10.0 Å². The molecule has 0 heterocycles. The summed E-state index contributed by atoms with van der Waals surface area (Å²) in [4.78, 5) is 0. The van der Waals surface area contributed by atoms with Gasteiger partial charge >= 0.3 is 0 Å². The number of oxime groups is 1. The van der Waals surface area contributed by atoms with Gasteiger partial charge in [0, 0.05) is 0 Å². The van der Waals surface area contributed by atoms with E-state index in [4.69, 9.17) is 10.9 Å². The Morgan fingerprint density at radius 2 is 2.23 bits per heavy atom. The van der Waals surface area contributed by atoms with Gasteiger partial charge in [0.15, 0.2) is 5.84 Å². The van der Waals surface area contributed by atoms with Crippen molar-refractivity contribution >= 4 is 15.9 Å². The van der Waals surface area contributed by atoms with E-state index < -0.39 is 16.1 Å². The molecule has 0 amide bonds. The topological polar surface area (TPSA) is 105 Å². The lowest BCUT2D eigenvalue weighted by Gasteiger charge is -2.14. The van der Waals surface area contributed by atoms with Crippen LogP contribution in [-0.4, -0.2) is 31.8 Å². The summed E-state index contributed by atoms with van der Waals surface area (Å²) < 4.78 is 23.9. The van der Waals surface area contributed by atoms with E-state index in [9.17, 15) is 8.42 Å². The van der Waals surface area contributed by atoms with Gasteiger partial charge in [0.1, 0.15) is 0 Å². The number of amidine groups is 1. The van der Waals surface area contributed by atoms with Crippen molar-refractivity contribution < 1.29 is 13.6 Å². The molecule has 0 spiro atoms. The molecule has 0 rings (SSSR count). The van der Waals surface area contributed by atoms with Gasteiger partial charge in [-0.3, -0.25) is 0 Å². The fourth-order valence-electron chi connectivity index (χ4n) is 0.884. The van der Waals surface area contributed by atoms with Gasteiger partial charge in [0.05, 0.1) is 12.3 Å². The third kappa shape index (κ3) is 5.42. The van der Waals surface area contributed by atoms with Gasteiger partial charge in [0.2, 0.25) is 10.0 Å². The largest absolute Gasteiger partial charge is 0.409 e. The van der Waals surface area contributed by atoms with E-state index in [1.807, 2.05) is 6.92 Å². The molecule has 4 N–H and O–H groups in total. The minimum absolute atomic E-state index is 0.118. The summed E-state index contributed by atoms with van der Waals surface area (Å²) >= 11 is 0. The summed E-state index contributed by atoms with van der Waals surface area (Å²) in [5.74, 6) is -0.118. The standard InChI is InChI=1S/C6H15N3O3S/c1-3-4-5(6(7)8-10)9-13(2,11)12/h5,9-10H,3-4H2,1-2H3,(H2,7,8). The zero-order valence-electron chi connectivity index (χ0n) is 7.69. The summed E-state index contributed by atoms with van der Waals surface area (Å²) in [6, 6.07) is -0.620. The fourth-order valence-corrected chi connectivity index (χ4v) is 1.64. The van der Waals surface area contributed by atoms with Gasteiger partial charge in [-0.1, -0.05) is 18.5 Å². The summed E-state index contributed by atoms with van der Waals surface area (Å²) in [5.41, 5.74) is 5.28. The number of nitrogens with zero attached hydrogens (tertiary/aromatic N) is 1. The van der Waals surface area contributed by atoms with Crippen molar-refractivity contribution in [3.05, 3.63) is 0 Å². The van der Waals surface area contributed by atoms with Gasteiger partial charge < -0.3 is 10.9 Å². The zero-order chi connectivity index (χ0) is 10.5. The van der Waals surface area contributed by atoms with Crippen molar-refractivity contribution in [2.45, 2.75) is 25.8 Å². The van der Waals surface area contributed by atoms with E-state index in [1.54, 1.807) is 0 Å². The van der Waals surface area contributed by atoms with Gasteiger partial charge in [-0.2, -0.15) is 0 Å². The maximum atomic E-state index is 10.8. The van der Waals surface area contributed by atoms with E-state index in [0.29, 0.717) is 6.42 Å². The van der Waals surface area contributed by atoms with E-state index in [1.165, 1.54) is 0 Å². The van der Waals surface area contributed by atoms with Crippen molar-refractivity contribution in [3.63, 3.8) is 0 Å². The monoisotopic (exact) mass is 209 g/mol. The van der Waals surface area contributed by atoms with Crippen molar-refractivity contribution in [2.75, 3.05) is 6.26 Å². The molecular weight excluding hydrogens is 194 g/mol. The molecule has 0 radical (unpaired) electrons. The molecule has 6 nitrogen and oxygen atoms in total. The molecule has 0 aliphatic heterocycles. The molecule has 0 aromatic rings. The molecule has 1 atom stereocenters. The average Bonchev–Trinajstić information content (AvgIpc) is 2.00. The molecule has 0 aliphatic rings. The first-order chi connectivity index (χ1) is 5.90. The first kappa shape index (κ1) is 12.2. The summed E-state index contributed by atoms with van der Waals surface area (Å²) in [6.07, 6.45) is 2.27. The van der Waals surface area contributed by atoms with Crippen LogP contribution in [0.5, 0.6) is 0 Å². The molecule has 0 saturated heterocycles. The van der Waals surface area contributed by atoms with Crippen LogP contribution in [0, 0.1) is 0 Å². The predicted octanol–water partition coefficient (Wildman–Crippen LogP) is -0.549. The van der Waals surface area contributed by atoms with Gasteiger partial charge in [-0.25, -0.2) is 13.1 Å². The highest BCUT2D eigenvalue weighted by Crippen LogP contribution is 1.98. The van der Waals surface area contributed by atoms with Gasteiger partial charge in [-0.05, 0) is 6.42 Å². The van der Waals surface area contributed by atoms with Crippen LogP contribution in [0.15, 0.2) is 5.16 Å². The van der Waals surface area contributed by atoms with Crippen LogP contribution in [0.25, 0.3) is 0 Å². The number of sulfonamides is 1. The lowest BCUT2D eigenvalue weighted by molar-refractivity contribution is 0.315. The van der Waals surface area contributed by atoms with Gasteiger partial charge in [-0.15, -0.1) is 0 Å². The highest BCUT2D eigenvalue weighted by atomic mass is 32.2. The Kier molecular flexibility index (Phi) is 4.71. The molecule has 0 aliphatic carbocycles. The second kappa shape index (κ2) is 5.03. The van der Waals surface area contributed by atoms with E-state index in [-0.39, 0.29) is 5.84 Å². The second-order valence-corrected chi connectivity index (χ2v) is 4.54. The molecule has 0 aromatic heterocycles. The highest BCUT2D eigenvalue weighted by molar-refractivity contribution is 7.88.